The van der Waals surface area contributed by atoms with E-state index in [9.17, 15) is 4.79 Å². The van der Waals surface area contributed by atoms with Gasteiger partial charge in [0.05, 0.1) is 24.2 Å². The minimum atomic E-state index is -0.182. The minimum absolute atomic E-state index is 0.0638. The van der Waals surface area contributed by atoms with E-state index in [-0.39, 0.29) is 12.0 Å². The van der Waals surface area contributed by atoms with Crippen LogP contribution in [0.15, 0.2) is 29.1 Å². The molecule has 2 heterocycles. The predicted octanol–water partition coefficient (Wildman–Crippen LogP) is 2.37. The highest BCUT2D eigenvalue weighted by atomic mass is 16.7. The maximum Gasteiger partial charge on any atom is 0.329 e. The Morgan fingerprint density at radius 2 is 1.71 bits per heavy atom. The normalized spacial score (nSPS) is 16.6. The molecule has 1 aromatic heterocycles. The first-order chi connectivity index (χ1) is 10.3. The van der Waals surface area contributed by atoms with Crippen LogP contribution in [0.3, 0.4) is 0 Å². The number of imidazole rings is 1. The molecule has 0 aliphatic carbocycles. The number of para-hydroxylation sites is 2. The molecule has 1 saturated heterocycles. The van der Waals surface area contributed by atoms with Crippen molar-refractivity contribution in [1.29, 1.82) is 0 Å². The van der Waals surface area contributed by atoms with E-state index in [1.165, 1.54) is 0 Å². The molecule has 0 N–H and O–H groups in total. The Morgan fingerprint density at radius 3 is 2.33 bits per heavy atom. The number of fused-ring (bicyclic) bond motifs is 1. The van der Waals surface area contributed by atoms with Crippen LogP contribution in [0.4, 0.5) is 0 Å². The molecule has 1 aromatic carbocycles. The lowest BCUT2D eigenvalue weighted by atomic mass is 10.3. The van der Waals surface area contributed by atoms with Gasteiger partial charge < -0.3 is 9.47 Å². The number of hydrogen-bond acceptors (Lipinski definition) is 3. The van der Waals surface area contributed by atoms with Crippen molar-refractivity contribution in [3.05, 3.63) is 34.7 Å². The maximum atomic E-state index is 12.6. The van der Waals surface area contributed by atoms with Gasteiger partial charge in [-0.3, -0.25) is 9.13 Å². The second kappa shape index (κ2) is 6.45. The van der Waals surface area contributed by atoms with E-state index in [0.29, 0.717) is 13.0 Å². The third-order valence-electron chi connectivity index (χ3n) is 3.86. The van der Waals surface area contributed by atoms with Gasteiger partial charge in [-0.05, 0) is 25.0 Å². The highest BCUT2D eigenvalue weighted by Gasteiger charge is 2.17. The lowest BCUT2D eigenvalue weighted by Crippen LogP contribution is -2.29. The fourth-order valence-electron chi connectivity index (χ4n) is 2.87. The highest BCUT2D eigenvalue weighted by molar-refractivity contribution is 5.75. The minimum Gasteiger partial charge on any atom is -0.353 e. The summed E-state index contributed by atoms with van der Waals surface area (Å²) in [6.45, 7) is 4.96. The molecule has 0 bridgehead atoms. The highest BCUT2D eigenvalue weighted by Crippen LogP contribution is 2.15. The summed E-state index contributed by atoms with van der Waals surface area (Å²) in [5.74, 6) is 0. The van der Waals surface area contributed by atoms with Gasteiger partial charge in [0.25, 0.3) is 0 Å². The van der Waals surface area contributed by atoms with Gasteiger partial charge in [-0.1, -0.05) is 19.1 Å². The van der Waals surface area contributed by atoms with Crippen molar-refractivity contribution in [3.63, 3.8) is 0 Å². The van der Waals surface area contributed by atoms with E-state index in [1.54, 1.807) is 0 Å². The van der Waals surface area contributed by atoms with Crippen molar-refractivity contribution in [2.24, 2.45) is 0 Å². The van der Waals surface area contributed by atoms with Crippen LogP contribution >= 0.6 is 0 Å². The molecule has 21 heavy (non-hydrogen) atoms. The Kier molecular flexibility index (Phi) is 4.41. The number of nitrogens with zero attached hydrogens (tertiary/aromatic N) is 2. The molecule has 1 aliphatic heterocycles. The van der Waals surface area contributed by atoms with Gasteiger partial charge >= 0.3 is 5.69 Å². The fraction of sp³-hybridized carbons (Fsp3) is 0.562. The smallest absolute Gasteiger partial charge is 0.329 e. The number of hydrogen-bond donors (Lipinski definition) is 0. The van der Waals surface area contributed by atoms with Crippen molar-refractivity contribution in [2.45, 2.75) is 45.6 Å². The lowest BCUT2D eigenvalue weighted by molar-refractivity contribution is -0.182. The van der Waals surface area contributed by atoms with Gasteiger partial charge in [0.15, 0.2) is 6.29 Å². The maximum absolute atomic E-state index is 12.6. The van der Waals surface area contributed by atoms with Crippen LogP contribution in [0, 0.1) is 0 Å². The molecule has 0 saturated carbocycles. The van der Waals surface area contributed by atoms with Crippen molar-refractivity contribution in [2.75, 3.05) is 13.2 Å². The summed E-state index contributed by atoms with van der Waals surface area (Å²) in [4.78, 5) is 12.6. The average molecular weight is 290 g/mol. The Bertz CT molecular complexity index is 653. The van der Waals surface area contributed by atoms with E-state index in [1.807, 2.05) is 33.4 Å². The SMILES string of the molecule is CCCn1c(=O)n(CCC2OCCCO2)c2ccccc21. The molecular weight excluding hydrogens is 268 g/mol. The van der Waals surface area contributed by atoms with Crippen LogP contribution in [0.2, 0.25) is 0 Å². The topological polar surface area (TPSA) is 45.4 Å². The zero-order chi connectivity index (χ0) is 14.7. The summed E-state index contributed by atoms with van der Waals surface area (Å²) < 4.78 is 14.8. The molecule has 1 fully saturated rings. The Hall–Kier alpha value is -1.59. The first kappa shape index (κ1) is 14.4. The largest absolute Gasteiger partial charge is 0.353 e. The van der Waals surface area contributed by atoms with Gasteiger partial charge in [-0.25, -0.2) is 4.79 Å². The van der Waals surface area contributed by atoms with Crippen LogP contribution in [0.5, 0.6) is 0 Å². The van der Waals surface area contributed by atoms with E-state index in [2.05, 4.69) is 6.92 Å². The monoisotopic (exact) mass is 290 g/mol. The molecule has 3 rings (SSSR count). The summed E-state index contributed by atoms with van der Waals surface area (Å²) in [6.07, 6.45) is 2.42. The van der Waals surface area contributed by atoms with E-state index in [4.69, 9.17) is 9.47 Å². The fourth-order valence-corrected chi connectivity index (χ4v) is 2.87. The summed E-state index contributed by atoms with van der Waals surface area (Å²) >= 11 is 0. The van der Waals surface area contributed by atoms with E-state index in [0.717, 1.165) is 43.6 Å². The van der Waals surface area contributed by atoms with Crippen molar-refractivity contribution >= 4 is 11.0 Å². The number of ether oxygens (including phenoxy) is 2. The van der Waals surface area contributed by atoms with E-state index >= 15 is 0 Å². The van der Waals surface area contributed by atoms with Crippen LogP contribution in [0.25, 0.3) is 11.0 Å². The van der Waals surface area contributed by atoms with Crippen molar-refractivity contribution in [1.82, 2.24) is 9.13 Å². The van der Waals surface area contributed by atoms with Crippen LogP contribution < -0.4 is 5.69 Å². The third kappa shape index (κ3) is 2.89. The van der Waals surface area contributed by atoms with Crippen molar-refractivity contribution in [3.8, 4) is 0 Å². The third-order valence-corrected chi connectivity index (χ3v) is 3.86. The lowest BCUT2D eigenvalue weighted by Gasteiger charge is -2.23. The zero-order valence-corrected chi connectivity index (χ0v) is 12.5. The van der Waals surface area contributed by atoms with Crippen LogP contribution in [0.1, 0.15) is 26.2 Å². The molecule has 1 aliphatic rings. The first-order valence-corrected chi connectivity index (χ1v) is 7.72. The molecule has 0 amide bonds. The second-order valence-corrected chi connectivity index (χ2v) is 5.39. The zero-order valence-electron chi connectivity index (χ0n) is 12.5. The van der Waals surface area contributed by atoms with Gasteiger partial charge in [-0.15, -0.1) is 0 Å². The number of aryl methyl sites for hydroxylation is 2. The Balaban J connectivity index is 1.87. The molecule has 0 unspecified atom stereocenters. The predicted molar refractivity (Wildman–Crippen MR) is 81.4 cm³/mol. The molecule has 2 aromatic rings. The number of rotatable bonds is 5. The quantitative estimate of drug-likeness (QED) is 0.849. The van der Waals surface area contributed by atoms with Crippen LogP contribution in [-0.2, 0) is 22.6 Å². The molecule has 5 heteroatoms. The first-order valence-electron chi connectivity index (χ1n) is 7.72. The van der Waals surface area contributed by atoms with Gasteiger partial charge in [0.1, 0.15) is 0 Å². The summed E-state index contributed by atoms with van der Waals surface area (Å²) in [7, 11) is 0. The summed E-state index contributed by atoms with van der Waals surface area (Å²) in [5, 5.41) is 0. The number of aromatic nitrogens is 2. The van der Waals surface area contributed by atoms with E-state index < -0.39 is 0 Å². The Morgan fingerprint density at radius 1 is 1.10 bits per heavy atom. The van der Waals surface area contributed by atoms with Crippen molar-refractivity contribution < 1.29 is 9.47 Å². The second-order valence-electron chi connectivity index (χ2n) is 5.39. The molecule has 0 atom stereocenters. The summed E-state index contributed by atoms with van der Waals surface area (Å²) in [5.41, 5.74) is 2.07. The molecule has 0 spiro atoms. The molecular formula is C16H22N2O3. The van der Waals surface area contributed by atoms with Gasteiger partial charge in [0.2, 0.25) is 0 Å². The van der Waals surface area contributed by atoms with Gasteiger partial charge in [0, 0.05) is 19.5 Å². The molecule has 114 valence electrons. The van der Waals surface area contributed by atoms with Crippen LogP contribution in [-0.4, -0.2) is 28.6 Å². The number of benzene rings is 1. The summed E-state index contributed by atoms with van der Waals surface area (Å²) in [6, 6.07) is 7.97. The van der Waals surface area contributed by atoms with Gasteiger partial charge in [-0.2, -0.15) is 0 Å². The average Bonchev–Trinajstić information content (AvgIpc) is 2.79. The molecule has 5 nitrogen and oxygen atoms in total. The Labute approximate surface area is 124 Å². The molecule has 0 radical (unpaired) electrons. The standard InChI is InChI=1S/C16H22N2O3/c1-2-9-17-13-6-3-4-7-14(13)18(16(17)19)10-8-15-20-11-5-12-21-15/h3-4,6-7,15H,2,5,8-12H2,1H3.